The van der Waals surface area contributed by atoms with Gasteiger partial charge in [-0.15, -0.1) is 0 Å². The second-order valence-corrected chi connectivity index (χ2v) is 10.6. The molecule has 0 bridgehead atoms. The maximum absolute atomic E-state index is 13.8. The number of aromatic amines is 1. The topological polar surface area (TPSA) is 76.3 Å². The number of rotatable bonds is 8. The first-order valence-corrected chi connectivity index (χ1v) is 14.1. The monoisotopic (exact) mass is 535 g/mol. The summed E-state index contributed by atoms with van der Waals surface area (Å²) >= 11 is 0. The first-order valence-electron chi connectivity index (χ1n) is 14.1. The summed E-state index contributed by atoms with van der Waals surface area (Å²) in [6.45, 7) is 10.0. The average Bonchev–Trinajstić information content (AvgIpc) is 3.37. The zero-order valence-electron chi connectivity index (χ0n) is 23.8. The highest BCUT2D eigenvalue weighted by Crippen LogP contribution is 2.41. The quantitative estimate of drug-likeness (QED) is 0.401. The molecular formula is C31H41N3O5. The number of methoxy groups -OCH3 is 2. The molecule has 1 atom stereocenters. The zero-order valence-corrected chi connectivity index (χ0v) is 23.8. The minimum Gasteiger partial charge on any atom is -0.497 e. The number of ether oxygens (including phenoxy) is 4. The van der Waals surface area contributed by atoms with E-state index >= 15 is 0 Å². The number of amides is 2. The van der Waals surface area contributed by atoms with Gasteiger partial charge in [0.2, 0.25) is 0 Å². The highest BCUT2D eigenvalue weighted by molar-refractivity contribution is 5.88. The Kier molecular flexibility index (Phi) is 8.21. The van der Waals surface area contributed by atoms with Gasteiger partial charge in [-0.25, -0.2) is 4.79 Å². The van der Waals surface area contributed by atoms with E-state index in [1.165, 1.54) is 22.1 Å². The van der Waals surface area contributed by atoms with E-state index in [2.05, 4.69) is 54.2 Å². The van der Waals surface area contributed by atoms with Gasteiger partial charge in [0.15, 0.2) is 11.5 Å². The van der Waals surface area contributed by atoms with Crippen LogP contribution in [0.2, 0.25) is 0 Å². The molecule has 0 radical (unpaired) electrons. The molecule has 2 amide bonds. The lowest BCUT2D eigenvalue weighted by Gasteiger charge is -2.41. The molecule has 39 heavy (non-hydrogen) atoms. The Hall–Kier alpha value is -3.39. The highest BCUT2D eigenvalue weighted by Gasteiger charge is 2.35. The molecule has 1 fully saturated rings. The van der Waals surface area contributed by atoms with Gasteiger partial charge in [0.1, 0.15) is 5.75 Å². The molecule has 1 aromatic heterocycles. The van der Waals surface area contributed by atoms with E-state index in [1.54, 1.807) is 14.2 Å². The van der Waals surface area contributed by atoms with Crippen molar-refractivity contribution in [1.82, 2.24) is 14.8 Å². The molecule has 1 unspecified atom stereocenters. The Labute approximate surface area is 231 Å². The number of carbonyl (C=O) groups excluding carboxylic acids is 1. The smallest absolute Gasteiger partial charge is 0.320 e. The van der Waals surface area contributed by atoms with Crippen molar-refractivity contribution in [2.24, 2.45) is 0 Å². The third-order valence-corrected chi connectivity index (χ3v) is 8.03. The van der Waals surface area contributed by atoms with E-state index in [0.29, 0.717) is 45.4 Å². The van der Waals surface area contributed by atoms with Crippen molar-refractivity contribution in [2.75, 3.05) is 53.7 Å². The van der Waals surface area contributed by atoms with Crippen LogP contribution in [0.1, 0.15) is 61.4 Å². The maximum Gasteiger partial charge on any atom is 0.320 e. The number of H-pyrrole nitrogens is 1. The van der Waals surface area contributed by atoms with Crippen LogP contribution >= 0.6 is 0 Å². The molecule has 0 saturated carbocycles. The number of urea groups is 1. The van der Waals surface area contributed by atoms with Crippen LogP contribution < -0.4 is 14.2 Å². The molecule has 8 nitrogen and oxygen atoms in total. The van der Waals surface area contributed by atoms with Crippen LogP contribution in [0, 0.1) is 0 Å². The Balaban J connectivity index is 1.51. The van der Waals surface area contributed by atoms with Gasteiger partial charge in [-0.05, 0) is 78.6 Å². The fourth-order valence-electron chi connectivity index (χ4n) is 5.97. The highest BCUT2D eigenvalue weighted by atomic mass is 16.5. The summed E-state index contributed by atoms with van der Waals surface area (Å²) in [4.78, 5) is 21.3. The van der Waals surface area contributed by atoms with Crippen LogP contribution in [-0.4, -0.2) is 74.5 Å². The number of carbonyl (C=O) groups is 1. The standard InChI is InChI=1S/C31H41N3O5/c1-6-39-29-18-25-21(15-28(29)37-5)9-10-34(31(35)33-11-13-38-14-12-33)27(25)8-7-22-19-32-30-24(20(2)3)16-23(36-4)17-26(22)30/h15-20,27,32H,6-14H2,1-5H3. The number of aryl methyl sites for hydroxylation is 1. The van der Waals surface area contributed by atoms with Gasteiger partial charge in [-0.2, -0.15) is 0 Å². The van der Waals surface area contributed by atoms with Gasteiger partial charge in [0.25, 0.3) is 0 Å². The summed E-state index contributed by atoms with van der Waals surface area (Å²) in [5.74, 6) is 2.70. The fourth-order valence-corrected chi connectivity index (χ4v) is 5.97. The van der Waals surface area contributed by atoms with Crippen LogP contribution in [0.25, 0.3) is 10.9 Å². The Morgan fingerprint density at radius 3 is 2.56 bits per heavy atom. The normalized spacial score (nSPS) is 17.4. The Morgan fingerprint density at radius 1 is 1.08 bits per heavy atom. The van der Waals surface area contributed by atoms with Gasteiger partial charge in [-0.3, -0.25) is 0 Å². The molecule has 1 saturated heterocycles. The third-order valence-electron chi connectivity index (χ3n) is 8.03. The molecule has 8 heteroatoms. The maximum atomic E-state index is 13.8. The number of nitrogens with zero attached hydrogens (tertiary/aromatic N) is 2. The van der Waals surface area contributed by atoms with E-state index in [0.717, 1.165) is 47.6 Å². The largest absolute Gasteiger partial charge is 0.497 e. The first kappa shape index (κ1) is 27.2. The Morgan fingerprint density at radius 2 is 1.87 bits per heavy atom. The minimum atomic E-state index is -0.0747. The molecule has 0 aliphatic carbocycles. The van der Waals surface area contributed by atoms with Crippen LogP contribution in [0.3, 0.4) is 0 Å². The molecule has 3 heterocycles. The van der Waals surface area contributed by atoms with Crippen molar-refractivity contribution in [2.45, 2.75) is 52.0 Å². The van der Waals surface area contributed by atoms with Gasteiger partial charge < -0.3 is 33.7 Å². The van der Waals surface area contributed by atoms with Crippen LogP contribution in [0.15, 0.2) is 30.5 Å². The molecule has 0 spiro atoms. The second-order valence-electron chi connectivity index (χ2n) is 10.6. The second kappa shape index (κ2) is 11.8. The minimum absolute atomic E-state index is 0.0747. The molecule has 3 aromatic rings. The molecule has 210 valence electrons. The predicted molar refractivity (Wildman–Crippen MR) is 152 cm³/mol. The number of nitrogens with one attached hydrogen (secondary N) is 1. The van der Waals surface area contributed by atoms with Gasteiger partial charge in [0, 0.05) is 36.7 Å². The summed E-state index contributed by atoms with van der Waals surface area (Å²) in [6.07, 6.45) is 4.51. The van der Waals surface area contributed by atoms with Crippen LogP contribution in [0.5, 0.6) is 17.2 Å². The first-order chi connectivity index (χ1) is 18.9. The van der Waals surface area contributed by atoms with Crippen molar-refractivity contribution in [3.05, 3.63) is 52.7 Å². The summed E-state index contributed by atoms with van der Waals surface area (Å²) in [6, 6.07) is 8.44. The molecule has 2 aliphatic heterocycles. The van der Waals surface area contributed by atoms with Crippen LogP contribution in [-0.2, 0) is 17.6 Å². The predicted octanol–water partition coefficient (Wildman–Crippen LogP) is 5.69. The average molecular weight is 536 g/mol. The van der Waals surface area contributed by atoms with Crippen molar-refractivity contribution >= 4 is 16.9 Å². The number of hydrogen-bond acceptors (Lipinski definition) is 5. The van der Waals surface area contributed by atoms with E-state index in [1.807, 2.05) is 11.8 Å². The van der Waals surface area contributed by atoms with Gasteiger partial charge >= 0.3 is 6.03 Å². The van der Waals surface area contributed by atoms with E-state index < -0.39 is 0 Å². The number of fused-ring (bicyclic) bond motifs is 2. The summed E-state index contributed by atoms with van der Waals surface area (Å²) in [7, 11) is 3.39. The zero-order chi connectivity index (χ0) is 27.5. The lowest BCUT2D eigenvalue weighted by atomic mass is 9.88. The van der Waals surface area contributed by atoms with E-state index in [4.69, 9.17) is 18.9 Å². The molecular weight excluding hydrogens is 494 g/mol. The number of aromatic nitrogens is 1. The number of morpholine rings is 1. The van der Waals surface area contributed by atoms with Crippen molar-refractivity contribution in [3.8, 4) is 17.2 Å². The SMILES string of the molecule is CCOc1cc2c(cc1OC)CCN(C(=O)N1CCOCC1)C2CCc1c[nH]c2c(C(C)C)cc(OC)cc12. The lowest BCUT2D eigenvalue weighted by molar-refractivity contribution is 0.0376. The third kappa shape index (κ3) is 5.39. The van der Waals surface area contributed by atoms with Crippen molar-refractivity contribution < 1.29 is 23.7 Å². The fraction of sp³-hybridized carbons (Fsp3) is 0.516. The van der Waals surface area contributed by atoms with Crippen LogP contribution in [0.4, 0.5) is 4.79 Å². The Bertz CT molecular complexity index is 1310. The van der Waals surface area contributed by atoms with Crippen molar-refractivity contribution in [1.29, 1.82) is 0 Å². The molecule has 2 aliphatic rings. The lowest BCUT2D eigenvalue weighted by Crippen LogP contribution is -2.51. The molecule has 2 aromatic carbocycles. The van der Waals surface area contributed by atoms with E-state index in [-0.39, 0.29) is 12.1 Å². The van der Waals surface area contributed by atoms with Gasteiger partial charge in [0.05, 0.1) is 40.1 Å². The van der Waals surface area contributed by atoms with Crippen molar-refractivity contribution in [3.63, 3.8) is 0 Å². The van der Waals surface area contributed by atoms with Gasteiger partial charge in [-0.1, -0.05) is 13.8 Å². The molecule has 1 N–H and O–H groups in total. The number of benzene rings is 2. The van der Waals surface area contributed by atoms with E-state index in [9.17, 15) is 4.79 Å². The number of hydrogen-bond donors (Lipinski definition) is 1. The summed E-state index contributed by atoms with van der Waals surface area (Å²) in [5, 5.41) is 1.19. The molecule has 5 rings (SSSR count). The summed E-state index contributed by atoms with van der Waals surface area (Å²) < 4.78 is 22.8. The summed E-state index contributed by atoms with van der Waals surface area (Å²) in [5.41, 5.74) is 6.00.